The number of hydrogen-bond donors (Lipinski definition) is 0. The second-order valence-corrected chi connectivity index (χ2v) is 4.31. The van der Waals surface area contributed by atoms with Gasteiger partial charge in [0, 0.05) is 10.9 Å². The van der Waals surface area contributed by atoms with Crippen molar-refractivity contribution in [1.82, 2.24) is 4.98 Å². The SMILES string of the molecule is CCc1csc(-c2ccc[c]c2C(F)(F)F)n1. The summed E-state index contributed by atoms with van der Waals surface area (Å²) in [6.07, 6.45) is -3.68. The molecule has 0 unspecified atom stereocenters. The van der Waals surface area contributed by atoms with Gasteiger partial charge in [0.1, 0.15) is 5.01 Å². The Hall–Kier alpha value is -1.36. The molecule has 0 saturated carbocycles. The lowest BCUT2D eigenvalue weighted by atomic mass is 10.1. The zero-order valence-electron chi connectivity index (χ0n) is 9.01. The Kier molecular flexibility index (Phi) is 3.19. The Labute approximate surface area is 101 Å². The number of benzene rings is 1. The van der Waals surface area contributed by atoms with Gasteiger partial charge >= 0.3 is 6.18 Å². The minimum Gasteiger partial charge on any atom is -0.241 e. The molecule has 1 aromatic heterocycles. The number of hydrogen-bond acceptors (Lipinski definition) is 2. The van der Waals surface area contributed by atoms with Gasteiger partial charge in [0.15, 0.2) is 0 Å². The van der Waals surface area contributed by atoms with Crippen LogP contribution in [0.15, 0.2) is 23.6 Å². The van der Waals surface area contributed by atoms with Crippen LogP contribution >= 0.6 is 11.3 Å². The van der Waals surface area contributed by atoms with Crippen LogP contribution in [-0.4, -0.2) is 4.98 Å². The van der Waals surface area contributed by atoms with E-state index in [1.165, 1.54) is 29.5 Å². The molecular formula is C12H9F3NS. The highest BCUT2D eigenvalue weighted by molar-refractivity contribution is 7.13. The van der Waals surface area contributed by atoms with Crippen molar-refractivity contribution in [2.45, 2.75) is 19.5 Å². The van der Waals surface area contributed by atoms with Gasteiger partial charge in [-0.3, -0.25) is 0 Å². The number of thiazole rings is 1. The van der Waals surface area contributed by atoms with Crippen LogP contribution < -0.4 is 0 Å². The third-order valence-electron chi connectivity index (χ3n) is 2.28. The average Bonchev–Trinajstić information content (AvgIpc) is 2.76. The summed E-state index contributed by atoms with van der Waals surface area (Å²) in [6, 6.07) is 6.48. The fourth-order valence-electron chi connectivity index (χ4n) is 1.44. The molecule has 17 heavy (non-hydrogen) atoms. The summed E-state index contributed by atoms with van der Waals surface area (Å²) >= 11 is 1.23. The number of aromatic nitrogens is 1. The maximum Gasteiger partial charge on any atom is 0.417 e. The Morgan fingerprint density at radius 1 is 1.41 bits per heavy atom. The van der Waals surface area contributed by atoms with E-state index in [-0.39, 0.29) is 5.56 Å². The van der Waals surface area contributed by atoms with Gasteiger partial charge < -0.3 is 0 Å². The van der Waals surface area contributed by atoms with Gasteiger partial charge in [-0.1, -0.05) is 25.1 Å². The number of halogens is 3. The first-order valence-electron chi connectivity index (χ1n) is 5.05. The molecule has 1 radical (unpaired) electrons. The summed E-state index contributed by atoms with van der Waals surface area (Å²) in [6.45, 7) is 1.92. The molecule has 0 aliphatic heterocycles. The highest BCUT2D eigenvalue weighted by Crippen LogP contribution is 2.37. The first-order chi connectivity index (χ1) is 8.02. The van der Waals surface area contributed by atoms with Crippen molar-refractivity contribution < 1.29 is 13.2 Å². The molecule has 0 fully saturated rings. The van der Waals surface area contributed by atoms with Crippen molar-refractivity contribution >= 4 is 11.3 Å². The van der Waals surface area contributed by atoms with Crippen molar-refractivity contribution in [3.63, 3.8) is 0 Å². The van der Waals surface area contributed by atoms with Crippen LogP contribution in [0.5, 0.6) is 0 Å². The van der Waals surface area contributed by atoms with Crippen LogP contribution in [-0.2, 0) is 12.6 Å². The van der Waals surface area contributed by atoms with Gasteiger partial charge in [-0.2, -0.15) is 13.2 Å². The maximum atomic E-state index is 12.8. The molecule has 0 aliphatic rings. The maximum absolute atomic E-state index is 12.8. The van der Waals surface area contributed by atoms with Gasteiger partial charge in [0.05, 0.1) is 11.3 Å². The van der Waals surface area contributed by atoms with E-state index in [0.717, 1.165) is 5.69 Å². The first-order valence-corrected chi connectivity index (χ1v) is 5.93. The summed E-state index contributed by atoms with van der Waals surface area (Å²) in [4.78, 5) is 4.17. The van der Waals surface area contributed by atoms with Gasteiger partial charge in [-0.25, -0.2) is 4.98 Å². The molecule has 2 aromatic rings. The minimum atomic E-state index is -4.39. The molecule has 0 bridgehead atoms. The molecule has 0 saturated heterocycles. The van der Waals surface area contributed by atoms with Crippen LogP contribution in [0, 0.1) is 6.07 Å². The number of aryl methyl sites for hydroxylation is 1. The van der Waals surface area contributed by atoms with Crippen molar-refractivity contribution in [3.05, 3.63) is 40.9 Å². The summed E-state index contributed by atoms with van der Waals surface area (Å²) < 4.78 is 38.3. The molecule has 0 aliphatic carbocycles. The zero-order valence-corrected chi connectivity index (χ0v) is 9.82. The molecule has 0 spiro atoms. The Bertz CT molecular complexity index is 516. The molecule has 1 nitrogen and oxygen atoms in total. The van der Waals surface area contributed by atoms with E-state index in [9.17, 15) is 13.2 Å². The molecular weight excluding hydrogens is 247 g/mol. The van der Waals surface area contributed by atoms with E-state index in [1.807, 2.05) is 6.92 Å². The first kappa shape index (κ1) is 12.1. The molecule has 0 N–H and O–H groups in total. The van der Waals surface area contributed by atoms with Gasteiger partial charge in [-0.15, -0.1) is 11.3 Å². The van der Waals surface area contributed by atoms with Crippen molar-refractivity contribution in [1.29, 1.82) is 0 Å². The second kappa shape index (κ2) is 4.49. The van der Waals surface area contributed by atoms with E-state index >= 15 is 0 Å². The van der Waals surface area contributed by atoms with E-state index < -0.39 is 11.7 Å². The van der Waals surface area contributed by atoms with E-state index in [4.69, 9.17) is 0 Å². The predicted octanol–water partition coefficient (Wildman–Crippen LogP) is 4.19. The zero-order chi connectivity index (χ0) is 12.5. The minimum absolute atomic E-state index is 0.102. The third kappa shape index (κ3) is 2.49. The molecule has 89 valence electrons. The van der Waals surface area contributed by atoms with Crippen LogP contribution in [0.1, 0.15) is 18.2 Å². The Morgan fingerprint density at radius 2 is 2.18 bits per heavy atom. The Morgan fingerprint density at radius 3 is 2.76 bits per heavy atom. The molecule has 0 atom stereocenters. The fraction of sp³-hybridized carbons (Fsp3) is 0.250. The van der Waals surface area contributed by atoms with Crippen LogP contribution in [0.4, 0.5) is 13.2 Å². The van der Waals surface area contributed by atoms with Gasteiger partial charge in [0.25, 0.3) is 0 Å². The predicted molar refractivity (Wildman–Crippen MR) is 60.8 cm³/mol. The summed E-state index contributed by atoms with van der Waals surface area (Å²) in [7, 11) is 0. The standard InChI is InChI=1S/C12H9F3NS/c1-2-8-7-17-11(16-8)9-5-3-4-6-10(9)12(13,14)15/h3-5,7H,2H2,1H3. The van der Waals surface area contributed by atoms with Crippen LogP contribution in [0.2, 0.25) is 0 Å². The lowest BCUT2D eigenvalue weighted by Crippen LogP contribution is -2.07. The van der Waals surface area contributed by atoms with Gasteiger partial charge in [-0.05, 0) is 12.5 Å². The second-order valence-electron chi connectivity index (χ2n) is 3.45. The molecule has 0 amide bonds. The topological polar surface area (TPSA) is 12.9 Å². The van der Waals surface area contributed by atoms with Crippen molar-refractivity contribution in [3.8, 4) is 10.6 Å². The summed E-state index contributed by atoms with van der Waals surface area (Å²) in [5.41, 5.74) is 0.156. The lowest BCUT2D eigenvalue weighted by Gasteiger charge is -2.09. The Balaban J connectivity index is 2.52. The largest absolute Gasteiger partial charge is 0.417 e. The average molecular weight is 256 g/mol. The van der Waals surface area contributed by atoms with Crippen LogP contribution in [0.3, 0.4) is 0 Å². The summed E-state index contributed by atoms with van der Waals surface area (Å²) in [5.74, 6) is 0. The molecule has 2 rings (SSSR count). The lowest BCUT2D eigenvalue weighted by molar-refractivity contribution is -0.137. The smallest absolute Gasteiger partial charge is 0.241 e. The number of rotatable bonds is 2. The quantitative estimate of drug-likeness (QED) is 0.785. The number of alkyl halides is 3. The monoisotopic (exact) mass is 256 g/mol. The molecule has 1 heterocycles. The van der Waals surface area contributed by atoms with E-state index in [2.05, 4.69) is 11.1 Å². The van der Waals surface area contributed by atoms with Gasteiger partial charge in [0.2, 0.25) is 0 Å². The van der Waals surface area contributed by atoms with Crippen LogP contribution in [0.25, 0.3) is 10.6 Å². The highest BCUT2D eigenvalue weighted by atomic mass is 32.1. The van der Waals surface area contributed by atoms with E-state index in [0.29, 0.717) is 11.4 Å². The van der Waals surface area contributed by atoms with E-state index in [1.54, 1.807) is 5.38 Å². The van der Waals surface area contributed by atoms with Crippen molar-refractivity contribution in [2.75, 3.05) is 0 Å². The highest BCUT2D eigenvalue weighted by Gasteiger charge is 2.34. The summed E-state index contributed by atoms with van der Waals surface area (Å²) in [5, 5.41) is 2.17. The number of nitrogens with zero attached hydrogens (tertiary/aromatic N) is 1. The van der Waals surface area contributed by atoms with Crippen molar-refractivity contribution in [2.24, 2.45) is 0 Å². The normalized spacial score (nSPS) is 11.8. The third-order valence-corrected chi connectivity index (χ3v) is 3.21. The fourth-order valence-corrected chi connectivity index (χ4v) is 2.38. The molecule has 5 heteroatoms. The molecule has 1 aromatic carbocycles.